The molecule has 5 atom stereocenters. The quantitative estimate of drug-likeness (QED) is 0.256. The number of rotatable bonds is 12. The number of ether oxygens (including phenoxy) is 3. The highest BCUT2D eigenvalue weighted by molar-refractivity contribution is 6.07. The van der Waals surface area contributed by atoms with Crippen LogP contribution in [0, 0.1) is 0 Å². The number of fused-ring (bicyclic) bond motifs is 3. The summed E-state index contributed by atoms with van der Waals surface area (Å²) in [6.45, 7) is 0.597. The summed E-state index contributed by atoms with van der Waals surface area (Å²) >= 11 is 0. The van der Waals surface area contributed by atoms with E-state index in [0.717, 1.165) is 55.3 Å². The molecule has 186 valence electrons. The average molecular weight is 474 g/mol. The first-order valence-corrected chi connectivity index (χ1v) is 12.1. The van der Waals surface area contributed by atoms with Crippen LogP contribution in [0.3, 0.4) is 0 Å². The van der Waals surface area contributed by atoms with Crippen molar-refractivity contribution in [1.29, 1.82) is 0 Å². The van der Waals surface area contributed by atoms with E-state index in [1.54, 1.807) is 0 Å². The van der Waals surface area contributed by atoms with Crippen LogP contribution in [0.15, 0.2) is 42.5 Å². The van der Waals surface area contributed by atoms with Gasteiger partial charge in [0.1, 0.15) is 30.2 Å². The number of unbranched alkanes of at least 4 members (excludes halogenated alkanes) is 5. The fourth-order valence-electron chi connectivity index (χ4n) is 4.50. The Hall–Kier alpha value is -2.20. The Labute approximate surface area is 199 Å². The number of H-pyrrole nitrogens is 1. The fourth-order valence-corrected chi connectivity index (χ4v) is 4.50. The highest BCUT2D eigenvalue weighted by Crippen LogP contribution is 2.28. The normalized spacial score (nSPS) is 25.2. The maximum atomic E-state index is 10.1. The van der Waals surface area contributed by atoms with Crippen LogP contribution in [0.1, 0.15) is 38.5 Å². The molecule has 0 bridgehead atoms. The Kier molecular flexibility index (Phi) is 8.77. The zero-order valence-electron chi connectivity index (χ0n) is 19.3. The van der Waals surface area contributed by atoms with Gasteiger partial charge >= 0.3 is 0 Å². The van der Waals surface area contributed by atoms with E-state index in [1.807, 2.05) is 18.2 Å². The zero-order chi connectivity index (χ0) is 23.9. The molecule has 1 aliphatic rings. The third-order valence-corrected chi connectivity index (χ3v) is 6.44. The third-order valence-electron chi connectivity index (χ3n) is 6.44. The van der Waals surface area contributed by atoms with Gasteiger partial charge in [0.2, 0.25) is 0 Å². The monoisotopic (exact) mass is 473 g/mol. The van der Waals surface area contributed by atoms with E-state index < -0.39 is 37.3 Å². The number of nitrogens with one attached hydrogen (secondary N) is 1. The van der Waals surface area contributed by atoms with Crippen LogP contribution < -0.4 is 4.74 Å². The molecule has 1 saturated heterocycles. The summed E-state index contributed by atoms with van der Waals surface area (Å²) in [6, 6.07) is 14.4. The lowest BCUT2D eigenvalue weighted by Gasteiger charge is -2.39. The highest BCUT2D eigenvalue weighted by atomic mass is 16.6. The number of hydrogen-bond donors (Lipinski definition) is 5. The summed E-state index contributed by atoms with van der Waals surface area (Å²) in [7, 11) is 0. The molecule has 8 nitrogen and oxygen atoms in total. The lowest BCUT2D eigenvalue weighted by molar-refractivity contribution is -0.294. The SMILES string of the molecule is OC[C@H]1OC(O)[C@H](O)[C@@H](OCCCCCCCCOc2ccc3[nH]c4ccccc4c3c2)[C@@H]1O. The molecule has 5 N–H and O–H groups in total. The van der Waals surface area contributed by atoms with Crippen LogP contribution >= 0.6 is 0 Å². The van der Waals surface area contributed by atoms with Gasteiger partial charge in [-0.05, 0) is 37.1 Å². The van der Waals surface area contributed by atoms with Crippen molar-refractivity contribution in [1.82, 2.24) is 4.98 Å². The molecule has 0 saturated carbocycles. The molecular formula is C26H35NO7. The molecule has 34 heavy (non-hydrogen) atoms. The maximum absolute atomic E-state index is 10.1. The third kappa shape index (κ3) is 5.89. The number of aromatic amines is 1. The topological polar surface area (TPSA) is 124 Å². The largest absolute Gasteiger partial charge is 0.494 e. The molecule has 1 aromatic heterocycles. The number of aliphatic hydroxyl groups excluding tert-OH is 4. The molecule has 0 radical (unpaired) electrons. The van der Waals surface area contributed by atoms with Crippen LogP contribution in [0.25, 0.3) is 21.8 Å². The van der Waals surface area contributed by atoms with E-state index in [-0.39, 0.29) is 0 Å². The van der Waals surface area contributed by atoms with Gasteiger partial charge in [0.25, 0.3) is 0 Å². The number of para-hydroxylation sites is 1. The van der Waals surface area contributed by atoms with E-state index >= 15 is 0 Å². The van der Waals surface area contributed by atoms with Crippen LogP contribution in [-0.4, -0.2) is 75.9 Å². The molecule has 2 heterocycles. The average Bonchev–Trinajstić information content (AvgIpc) is 3.22. The second-order valence-corrected chi connectivity index (χ2v) is 8.91. The van der Waals surface area contributed by atoms with Crippen molar-refractivity contribution < 1.29 is 34.6 Å². The first-order chi connectivity index (χ1) is 16.6. The van der Waals surface area contributed by atoms with E-state index in [4.69, 9.17) is 14.2 Å². The Morgan fingerprint density at radius 1 is 0.794 bits per heavy atom. The van der Waals surface area contributed by atoms with Gasteiger partial charge in [0, 0.05) is 28.4 Å². The molecule has 2 aromatic carbocycles. The molecule has 0 aliphatic carbocycles. The summed E-state index contributed by atoms with van der Waals surface area (Å²) in [5.41, 5.74) is 2.25. The van der Waals surface area contributed by atoms with Crippen LogP contribution in [0.4, 0.5) is 0 Å². The minimum atomic E-state index is -1.47. The van der Waals surface area contributed by atoms with Crippen LogP contribution in [0.5, 0.6) is 5.75 Å². The van der Waals surface area contributed by atoms with Crippen molar-refractivity contribution in [2.75, 3.05) is 19.8 Å². The molecule has 0 amide bonds. The van der Waals surface area contributed by atoms with Gasteiger partial charge in [-0.3, -0.25) is 0 Å². The number of aromatic nitrogens is 1. The number of hydrogen-bond acceptors (Lipinski definition) is 7. The summed E-state index contributed by atoms with van der Waals surface area (Å²) in [4.78, 5) is 3.42. The van der Waals surface area contributed by atoms with Crippen molar-refractivity contribution in [3.63, 3.8) is 0 Å². The van der Waals surface area contributed by atoms with E-state index in [0.29, 0.717) is 13.2 Å². The van der Waals surface area contributed by atoms with Crippen molar-refractivity contribution in [3.05, 3.63) is 42.5 Å². The molecule has 1 fully saturated rings. The highest BCUT2D eigenvalue weighted by Gasteiger charge is 2.44. The molecule has 1 aliphatic heterocycles. The van der Waals surface area contributed by atoms with Gasteiger partial charge in [0.15, 0.2) is 6.29 Å². The molecule has 1 unspecified atom stereocenters. The van der Waals surface area contributed by atoms with Gasteiger partial charge in [-0.25, -0.2) is 0 Å². The summed E-state index contributed by atoms with van der Waals surface area (Å²) in [5, 5.41) is 41.3. The van der Waals surface area contributed by atoms with Crippen molar-refractivity contribution in [3.8, 4) is 5.75 Å². The molecule has 8 heteroatoms. The standard InChI is InChI=1S/C26H35NO7/c28-16-22-23(29)25(24(30)26(31)34-22)33-14-8-4-2-1-3-7-13-32-17-11-12-21-19(15-17)18-9-5-6-10-20(18)27-21/h5-6,9-12,15,22-31H,1-4,7-8,13-14,16H2/t22-,23-,24-,25+,26?/m1/s1. The van der Waals surface area contributed by atoms with Gasteiger partial charge < -0.3 is 39.6 Å². The number of benzene rings is 2. The summed E-state index contributed by atoms with van der Waals surface area (Å²) in [5.74, 6) is 0.889. The van der Waals surface area contributed by atoms with Gasteiger partial charge in [-0.15, -0.1) is 0 Å². The van der Waals surface area contributed by atoms with Gasteiger partial charge in [-0.2, -0.15) is 0 Å². The lowest BCUT2D eigenvalue weighted by Crippen LogP contribution is -2.59. The van der Waals surface area contributed by atoms with Crippen molar-refractivity contribution in [2.24, 2.45) is 0 Å². The minimum Gasteiger partial charge on any atom is -0.494 e. The Morgan fingerprint density at radius 3 is 2.29 bits per heavy atom. The van der Waals surface area contributed by atoms with Gasteiger partial charge in [0.05, 0.1) is 13.2 Å². The predicted molar refractivity (Wildman–Crippen MR) is 129 cm³/mol. The summed E-state index contributed by atoms with van der Waals surface area (Å²) < 4.78 is 16.5. The van der Waals surface area contributed by atoms with Crippen molar-refractivity contribution in [2.45, 2.75) is 69.2 Å². The second-order valence-electron chi connectivity index (χ2n) is 8.91. The van der Waals surface area contributed by atoms with Crippen molar-refractivity contribution >= 4 is 21.8 Å². The van der Waals surface area contributed by atoms with E-state index in [9.17, 15) is 20.4 Å². The Morgan fingerprint density at radius 2 is 1.50 bits per heavy atom. The second kappa shape index (κ2) is 12.0. The molecule has 3 aromatic rings. The molecule has 4 rings (SSSR count). The Balaban J connectivity index is 1.08. The first-order valence-electron chi connectivity index (χ1n) is 12.1. The van der Waals surface area contributed by atoms with Crippen LogP contribution in [0.2, 0.25) is 0 Å². The minimum absolute atomic E-state index is 0.364. The number of aliphatic hydroxyl groups is 4. The smallest absolute Gasteiger partial charge is 0.184 e. The fraction of sp³-hybridized carbons (Fsp3) is 0.538. The predicted octanol–water partition coefficient (Wildman–Crippen LogP) is 2.86. The van der Waals surface area contributed by atoms with E-state index in [1.165, 1.54) is 10.8 Å². The zero-order valence-corrected chi connectivity index (χ0v) is 19.3. The van der Waals surface area contributed by atoms with Crippen LogP contribution in [-0.2, 0) is 9.47 Å². The maximum Gasteiger partial charge on any atom is 0.184 e. The summed E-state index contributed by atoms with van der Waals surface area (Å²) in [6.07, 6.45) is 0.0610. The first kappa shape index (κ1) is 24.9. The molecule has 0 spiro atoms. The van der Waals surface area contributed by atoms with Gasteiger partial charge in [-0.1, -0.05) is 43.9 Å². The Bertz CT molecular complexity index is 1040. The van der Waals surface area contributed by atoms with E-state index in [2.05, 4.69) is 29.2 Å². The molecular weight excluding hydrogens is 438 g/mol. The lowest BCUT2D eigenvalue weighted by atomic mass is 9.99.